The molecule has 3 unspecified atom stereocenters. The molecule has 3 aromatic heterocycles. The Morgan fingerprint density at radius 1 is 1.29 bits per heavy atom. The van der Waals surface area contributed by atoms with Crippen molar-refractivity contribution in [2.75, 3.05) is 18.4 Å². The molecule has 0 saturated carbocycles. The van der Waals surface area contributed by atoms with Gasteiger partial charge in [-0.3, -0.25) is 0 Å². The van der Waals surface area contributed by atoms with Crippen LogP contribution < -0.4 is 5.32 Å². The van der Waals surface area contributed by atoms with Crippen molar-refractivity contribution in [3.63, 3.8) is 0 Å². The maximum Gasteiger partial charge on any atom is 0.420 e. The van der Waals surface area contributed by atoms with Crippen molar-refractivity contribution >= 4 is 17.3 Å². The first-order valence-electron chi connectivity index (χ1n) is 9.57. The highest BCUT2D eigenvalue weighted by Gasteiger charge is 2.37. The third kappa shape index (κ3) is 4.67. The number of aryl methyl sites for hydroxylation is 1. The standard InChI is InChI=1S/C18H21F3N8OS/c1-11-7-29(31(30)15-8-28(2)10-25-15)4-3-13(11)26-17-23-5-12(18(19,20)21)16(27-17)14-6-22-9-24-14/h5-6,8-11,13H,3-4,7H2,1-2H3,(H,22,24)(H,23,26,27). The fraction of sp³-hybridized carbons (Fsp3) is 0.444. The Labute approximate surface area is 179 Å². The third-order valence-corrected chi connectivity index (χ3v) is 6.48. The number of alkyl halides is 3. The molecule has 0 aromatic carbocycles. The highest BCUT2D eigenvalue weighted by molar-refractivity contribution is 7.89. The van der Waals surface area contributed by atoms with Crippen LogP contribution in [0.5, 0.6) is 0 Å². The number of H-pyrrole nitrogens is 1. The molecule has 1 aliphatic rings. The van der Waals surface area contributed by atoms with Gasteiger partial charge in [0.2, 0.25) is 5.95 Å². The Bertz CT molecular complexity index is 1030. The maximum absolute atomic E-state index is 13.4. The van der Waals surface area contributed by atoms with Gasteiger partial charge in [-0.25, -0.2) is 15.0 Å². The number of hydrogen-bond donors (Lipinski definition) is 2. The van der Waals surface area contributed by atoms with Crippen molar-refractivity contribution < 1.29 is 17.7 Å². The smallest absolute Gasteiger partial charge is 0.420 e. The second-order valence-electron chi connectivity index (χ2n) is 7.44. The van der Waals surface area contributed by atoms with Gasteiger partial charge in [-0.2, -0.15) is 18.2 Å². The number of imidazole rings is 2. The van der Waals surface area contributed by atoms with Crippen molar-refractivity contribution in [2.45, 2.75) is 30.6 Å². The van der Waals surface area contributed by atoms with Crippen LogP contribution in [0.1, 0.15) is 18.9 Å². The normalized spacial score (nSPS) is 21.2. The van der Waals surface area contributed by atoms with E-state index < -0.39 is 23.1 Å². The Kier molecular flexibility index (Phi) is 5.90. The largest absolute Gasteiger partial charge is 0.591 e. The van der Waals surface area contributed by atoms with E-state index in [1.54, 1.807) is 17.1 Å². The predicted molar refractivity (Wildman–Crippen MR) is 107 cm³/mol. The van der Waals surface area contributed by atoms with Crippen molar-refractivity contribution in [1.82, 2.24) is 33.8 Å². The molecule has 3 atom stereocenters. The monoisotopic (exact) mass is 454 g/mol. The lowest BCUT2D eigenvalue weighted by atomic mass is 9.95. The molecule has 1 saturated heterocycles. The number of aromatic amines is 1. The van der Waals surface area contributed by atoms with E-state index in [-0.39, 0.29) is 29.3 Å². The number of nitrogens with zero attached hydrogens (tertiary/aromatic N) is 6. The topological polar surface area (TPSA) is 111 Å². The molecule has 13 heteroatoms. The number of nitrogens with one attached hydrogen (secondary N) is 2. The molecular weight excluding hydrogens is 433 g/mol. The van der Waals surface area contributed by atoms with Gasteiger partial charge in [0.1, 0.15) is 28.3 Å². The molecule has 3 aromatic rings. The second kappa shape index (κ2) is 8.48. The lowest BCUT2D eigenvalue weighted by molar-refractivity contribution is -0.137. The molecule has 0 amide bonds. The zero-order chi connectivity index (χ0) is 22.2. The van der Waals surface area contributed by atoms with E-state index in [4.69, 9.17) is 0 Å². The van der Waals surface area contributed by atoms with Crippen LogP contribution >= 0.6 is 0 Å². The highest BCUT2D eigenvalue weighted by atomic mass is 32.2. The van der Waals surface area contributed by atoms with Gasteiger partial charge in [-0.05, 0) is 12.3 Å². The molecule has 2 N–H and O–H groups in total. The zero-order valence-electron chi connectivity index (χ0n) is 16.8. The fourth-order valence-electron chi connectivity index (χ4n) is 3.49. The molecular formula is C18H21F3N8OS. The molecule has 166 valence electrons. The summed E-state index contributed by atoms with van der Waals surface area (Å²) in [7, 11) is 1.81. The van der Waals surface area contributed by atoms with E-state index in [0.717, 1.165) is 6.20 Å². The Hall–Kier alpha value is -2.64. The van der Waals surface area contributed by atoms with Crippen LogP contribution in [-0.2, 0) is 24.6 Å². The predicted octanol–water partition coefficient (Wildman–Crippen LogP) is 2.46. The minimum Gasteiger partial charge on any atom is -0.591 e. The summed E-state index contributed by atoms with van der Waals surface area (Å²) < 4.78 is 56.4. The van der Waals surface area contributed by atoms with Gasteiger partial charge in [0, 0.05) is 38.6 Å². The van der Waals surface area contributed by atoms with E-state index in [1.165, 1.54) is 12.5 Å². The van der Waals surface area contributed by atoms with Crippen molar-refractivity contribution in [2.24, 2.45) is 13.0 Å². The minimum atomic E-state index is -4.60. The molecule has 4 rings (SSSR count). The number of anilines is 1. The van der Waals surface area contributed by atoms with Gasteiger partial charge in [0.15, 0.2) is 0 Å². The van der Waals surface area contributed by atoms with Gasteiger partial charge >= 0.3 is 6.18 Å². The van der Waals surface area contributed by atoms with E-state index in [1.807, 2.05) is 18.3 Å². The molecule has 0 radical (unpaired) electrons. The van der Waals surface area contributed by atoms with E-state index in [2.05, 4.69) is 30.2 Å². The lowest BCUT2D eigenvalue weighted by Gasteiger charge is -2.35. The summed E-state index contributed by atoms with van der Waals surface area (Å²) in [5, 5.41) is 3.64. The summed E-state index contributed by atoms with van der Waals surface area (Å²) in [6.45, 7) is 3.06. The van der Waals surface area contributed by atoms with E-state index in [0.29, 0.717) is 24.5 Å². The summed E-state index contributed by atoms with van der Waals surface area (Å²) >= 11 is -1.36. The summed E-state index contributed by atoms with van der Waals surface area (Å²) in [6.07, 6.45) is 2.78. The van der Waals surface area contributed by atoms with E-state index in [9.17, 15) is 17.7 Å². The SMILES string of the molecule is CC1CN([S+]([O-])c2cn(C)cn2)CCC1Nc1ncc(C(F)(F)F)c(-c2c[nH]cn2)n1. The van der Waals surface area contributed by atoms with Gasteiger partial charge in [0.05, 0.1) is 18.9 Å². The quantitative estimate of drug-likeness (QED) is 0.570. The van der Waals surface area contributed by atoms with Gasteiger partial charge in [-0.1, -0.05) is 6.92 Å². The van der Waals surface area contributed by atoms with Crippen molar-refractivity contribution in [3.8, 4) is 11.4 Å². The van der Waals surface area contributed by atoms with Crippen LogP contribution in [0.4, 0.5) is 19.1 Å². The Balaban J connectivity index is 1.48. The Morgan fingerprint density at radius 3 is 2.71 bits per heavy atom. The number of halogens is 3. The lowest BCUT2D eigenvalue weighted by Crippen LogP contribution is -2.47. The molecule has 9 nitrogen and oxygen atoms in total. The molecule has 31 heavy (non-hydrogen) atoms. The minimum absolute atomic E-state index is 0.0566. The van der Waals surface area contributed by atoms with Gasteiger partial charge < -0.3 is 19.4 Å². The zero-order valence-corrected chi connectivity index (χ0v) is 17.6. The van der Waals surface area contributed by atoms with Crippen LogP contribution in [-0.4, -0.2) is 57.5 Å². The van der Waals surface area contributed by atoms with Gasteiger partial charge in [0.25, 0.3) is 5.03 Å². The summed E-state index contributed by atoms with van der Waals surface area (Å²) in [4.78, 5) is 18.7. The molecule has 4 heterocycles. The van der Waals surface area contributed by atoms with E-state index >= 15 is 0 Å². The van der Waals surface area contributed by atoms with Crippen LogP contribution in [0.2, 0.25) is 0 Å². The third-order valence-electron chi connectivity index (χ3n) is 5.11. The number of hydrogen-bond acceptors (Lipinski definition) is 7. The van der Waals surface area contributed by atoms with Crippen LogP contribution in [0.3, 0.4) is 0 Å². The summed E-state index contributed by atoms with van der Waals surface area (Å²) in [6, 6.07) is -0.0826. The fourth-order valence-corrected chi connectivity index (χ4v) is 4.79. The first-order chi connectivity index (χ1) is 14.7. The number of aromatic nitrogens is 6. The first kappa shape index (κ1) is 21.6. The Morgan fingerprint density at radius 2 is 2.10 bits per heavy atom. The molecule has 0 spiro atoms. The summed E-state index contributed by atoms with van der Waals surface area (Å²) in [5.41, 5.74) is -1.14. The van der Waals surface area contributed by atoms with Crippen molar-refractivity contribution in [1.29, 1.82) is 0 Å². The van der Waals surface area contributed by atoms with Crippen LogP contribution in [0.15, 0.2) is 36.3 Å². The number of rotatable bonds is 5. The average molecular weight is 454 g/mol. The van der Waals surface area contributed by atoms with Crippen LogP contribution in [0, 0.1) is 5.92 Å². The molecule has 1 fully saturated rings. The second-order valence-corrected chi connectivity index (χ2v) is 8.87. The van der Waals surface area contributed by atoms with Crippen molar-refractivity contribution in [3.05, 3.63) is 36.8 Å². The average Bonchev–Trinajstić information content (AvgIpc) is 3.40. The van der Waals surface area contributed by atoms with Gasteiger partial charge in [-0.15, -0.1) is 4.31 Å². The summed E-state index contributed by atoms with van der Waals surface area (Å²) in [5.74, 6) is 0.156. The molecule has 1 aliphatic heterocycles. The van der Waals surface area contributed by atoms with Crippen LogP contribution in [0.25, 0.3) is 11.4 Å². The molecule has 0 aliphatic carbocycles. The molecule has 0 bridgehead atoms. The number of piperidine rings is 1. The maximum atomic E-state index is 13.4. The highest BCUT2D eigenvalue weighted by Crippen LogP contribution is 2.35. The first-order valence-corrected chi connectivity index (χ1v) is 10.7.